The Balaban J connectivity index is 2.22. The van der Waals surface area contributed by atoms with Crippen molar-refractivity contribution in [1.82, 2.24) is 4.90 Å². The van der Waals surface area contributed by atoms with Gasteiger partial charge in [-0.2, -0.15) is 0 Å². The van der Waals surface area contributed by atoms with Crippen LogP contribution in [0.4, 0.5) is 0 Å². The molecular formula is C16H31N3. The number of nitrogens with two attached hydrogens (primary N) is 1. The van der Waals surface area contributed by atoms with Crippen LogP contribution >= 0.6 is 0 Å². The first-order chi connectivity index (χ1) is 8.99. The van der Waals surface area contributed by atoms with Crippen LogP contribution in [0.2, 0.25) is 0 Å². The van der Waals surface area contributed by atoms with Crippen molar-refractivity contribution < 1.29 is 0 Å². The molecule has 1 aliphatic carbocycles. The van der Waals surface area contributed by atoms with Crippen molar-refractivity contribution in [2.24, 2.45) is 16.6 Å². The van der Waals surface area contributed by atoms with Crippen molar-refractivity contribution in [3.05, 3.63) is 0 Å². The van der Waals surface area contributed by atoms with Gasteiger partial charge in [-0.25, -0.2) is 0 Å². The molecular weight excluding hydrogens is 234 g/mol. The summed E-state index contributed by atoms with van der Waals surface area (Å²) in [6, 6.07) is 2.06. The van der Waals surface area contributed by atoms with Crippen molar-refractivity contribution in [1.29, 1.82) is 0 Å². The molecule has 0 bridgehead atoms. The summed E-state index contributed by atoms with van der Waals surface area (Å²) in [5.74, 6) is 2.13. The summed E-state index contributed by atoms with van der Waals surface area (Å²) in [5, 5.41) is 0. The third kappa shape index (κ3) is 3.50. The predicted octanol–water partition coefficient (Wildman–Crippen LogP) is 3.18. The van der Waals surface area contributed by atoms with Gasteiger partial charge < -0.3 is 10.6 Å². The molecule has 1 heterocycles. The van der Waals surface area contributed by atoms with Gasteiger partial charge in [-0.05, 0) is 65.7 Å². The quantitative estimate of drug-likeness (QED) is 0.833. The van der Waals surface area contributed by atoms with Crippen LogP contribution in [0.5, 0.6) is 0 Å². The topological polar surface area (TPSA) is 41.6 Å². The minimum absolute atomic E-state index is 0.404. The Hall–Kier alpha value is -0.570. The van der Waals surface area contributed by atoms with Crippen molar-refractivity contribution in [2.75, 3.05) is 0 Å². The molecule has 19 heavy (non-hydrogen) atoms. The van der Waals surface area contributed by atoms with Gasteiger partial charge in [-0.15, -0.1) is 0 Å². The average molecular weight is 265 g/mol. The third-order valence-corrected chi connectivity index (χ3v) is 4.58. The lowest BCUT2D eigenvalue weighted by Crippen LogP contribution is -2.52. The maximum Gasteiger partial charge on any atom is 0.0997 e. The molecule has 2 rings (SSSR count). The molecule has 3 heteroatoms. The Morgan fingerprint density at radius 3 is 2.53 bits per heavy atom. The van der Waals surface area contributed by atoms with E-state index in [0.29, 0.717) is 24.2 Å². The van der Waals surface area contributed by atoms with Crippen LogP contribution in [-0.4, -0.2) is 34.9 Å². The number of likely N-dealkylation sites (tertiary alicyclic amines) is 1. The highest BCUT2D eigenvalue weighted by Gasteiger charge is 2.37. The van der Waals surface area contributed by atoms with Crippen LogP contribution in [0.3, 0.4) is 0 Å². The SMILES string of the molecule is CC(C)N=C1CCC2CC(N)CCCC2N1C(C)C. The number of piperidine rings is 1. The summed E-state index contributed by atoms with van der Waals surface area (Å²) in [6.07, 6.45) is 7.42. The van der Waals surface area contributed by atoms with E-state index >= 15 is 0 Å². The van der Waals surface area contributed by atoms with Gasteiger partial charge >= 0.3 is 0 Å². The second-order valence-electron chi connectivity index (χ2n) is 6.93. The molecule has 2 N–H and O–H groups in total. The van der Waals surface area contributed by atoms with Gasteiger partial charge in [0.25, 0.3) is 0 Å². The highest BCUT2D eigenvalue weighted by Crippen LogP contribution is 2.36. The molecule has 1 aliphatic heterocycles. The van der Waals surface area contributed by atoms with Gasteiger partial charge in [-0.1, -0.05) is 0 Å². The first-order valence-corrected chi connectivity index (χ1v) is 8.09. The molecule has 0 aromatic carbocycles. The molecule has 3 nitrogen and oxygen atoms in total. The van der Waals surface area contributed by atoms with E-state index in [1.807, 2.05) is 0 Å². The molecule has 1 saturated carbocycles. The van der Waals surface area contributed by atoms with Gasteiger partial charge in [0.05, 0.1) is 5.84 Å². The van der Waals surface area contributed by atoms with Crippen LogP contribution in [0, 0.1) is 5.92 Å². The van der Waals surface area contributed by atoms with Crippen LogP contribution in [0.25, 0.3) is 0 Å². The maximum atomic E-state index is 6.23. The summed E-state index contributed by atoms with van der Waals surface area (Å²) >= 11 is 0. The second kappa shape index (κ2) is 6.25. The summed E-state index contributed by atoms with van der Waals surface area (Å²) in [6.45, 7) is 8.98. The number of aliphatic imine (C=N–C) groups is 1. The summed E-state index contributed by atoms with van der Waals surface area (Å²) < 4.78 is 0. The van der Waals surface area contributed by atoms with E-state index in [9.17, 15) is 0 Å². The average Bonchev–Trinajstić information content (AvgIpc) is 2.48. The Kier molecular flexibility index (Phi) is 4.88. The van der Waals surface area contributed by atoms with Gasteiger partial charge in [0.15, 0.2) is 0 Å². The first kappa shape index (κ1) is 14.8. The van der Waals surface area contributed by atoms with Gasteiger partial charge in [0.2, 0.25) is 0 Å². The Morgan fingerprint density at radius 2 is 1.89 bits per heavy atom. The van der Waals surface area contributed by atoms with Crippen molar-refractivity contribution >= 4 is 5.84 Å². The van der Waals surface area contributed by atoms with Crippen LogP contribution in [0.15, 0.2) is 4.99 Å². The van der Waals surface area contributed by atoms with Crippen LogP contribution < -0.4 is 5.73 Å². The lowest BCUT2D eigenvalue weighted by Gasteiger charge is -2.46. The van der Waals surface area contributed by atoms with E-state index in [0.717, 1.165) is 12.3 Å². The Bertz CT molecular complexity index is 322. The van der Waals surface area contributed by atoms with E-state index in [-0.39, 0.29) is 0 Å². The fourth-order valence-electron chi connectivity index (χ4n) is 3.91. The summed E-state index contributed by atoms with van der Waals surface area (Å²) in [7, 11) is 0. The van der Waals surface area contributed by atoms with Gasteiger partial charge in [0, 0.05) is 30.6 Å². The monoisotopic (exact) mass is 265 g/mol. The number of nitrogens with zero attached hydrogens (tertiary/aromatic N) is 2. The highest BCUT2D eigenvalue weighted by atomic mass is 15.2. The number of rotatable bonds is 2. The molecule has 0 aromatic heterocycles. The van der Waals surface area contributed by atoms with E-state index in [1.54, 1.807) is 0 Å². The predicted molar refractivity (Wildman–Crippen MR) is 82.5 cm³/mol. The van der Waals surface area contributed by atoms with Crippen LogP contribution in [0.1, 0.15) is 66.2 Å². The lowest BCUT2D eigenvalue weighted by atomic mass is 9.83. The molecule has 2 aliphatic rings. The number of amidine groups is 1. The number of hydrogen-bond acceptors (Lipinski definition) is 2. The summed E-state index contributed by atoms with van der Waals surface area (Å²) in [5.41, 5.74) is 6.23. The minimum atomic E-state index is 0.404. The zero-order chi connectivity index (χ0) is 14.0. The van der Waals surface area contributed by atoms with Crippen molar-refractivity contribution in [3.63, 3.8) is 0 Å². The van der Waals surface area contributed by atoms with Gasteiger partial charge in [-0.3, -0.25) is 4.99 Å². The molecule has 1 saturated heterocycles. The molecule has 2 fully saturated rings. The van der Waals surface area contributed by atoms with Gasteiger partial charge in [0.1, 0.15) is 0 Å². The van der Waals surface area contributed by atoms with Crippen molar-refractivity contribution in [2.45, 2.75) is 90.4 Å². The standard InChI is InChI=1S/C16H31N3/c1-11(2)18-16-9-8-13-10-14(17)6-5-7-15(13)19(16)12(3)4/h11-15H,5-10,17H2,1-4H3. The molecule has 0 amide bonds. The molecule has 0 aromatic rings. The smallest absolute Gasteiger partial charge is 0.0997 e. The summed E-state index contributed by atoms with van der Waals surface area (Å²) in [4.78, 5) is 7.51. The largest absolute Gasteiger partial charge is 0.355 e. The van der Waals surface area contributed by atoms with E-state index < -0.39 is 0 Å². The number of fused-ring (bicyclic) bond motifs is 1. The Morgan fingerprint density at radius 1 is 1.16 bits per heavy atom. The minimum Gasteiger partial charge on any atom is -0.355 e. The fourth-order valence-corrected chi connectivity index (χ4v) is 3.91. The fraction of sp³-hybridized carbons (Fsp3) is 0.938. The van der Waals surface area contributed by atoms with Crippen molar-refractivity contribution in [3.8, 4) is 0 Å². The van der Waals surface area contributed by atoms with E-state index in [2.05, 4.69) is 32.6 Å². The van der Waals surface area contributed by atoms with E-state index in [1.165, 1.54) is 37.9 Å². The zero-order valence-corrected chi connectivity index (χ0v) is 13.1. The number of hydrogen-bond donors (Lipinski definition) is 1. The third-order valence-electron chi connectivity index (χ3n) is 4.58. The molecule has 110 valence electrons. The first-order valence-electron chi connectivity index (χ1n) is 8.09. The molecule has 3 atom stereocenters. The van der Waals surface area contributed by atoms with E-state index in [4.69, 9.17) is 10.7 Å². The molecule has 0 spiro atoms. The zero-order valence-electron chi connectivity index (χ0n) is 13.1. The Labute approximate surface area is 118 Å². The molecule has 3 unspecified atom stereocenters. The normalized spacial score (nSPS) is 34.8. The van der Waals surface area contributed by atoms with Crippen LogP contribution in [-0.2, 0) is 0 Å². The second-order valence-corrected chi connectivity index (χ2v) is 6.93. The maximum absolute atomic E-state index is 6.23. The lowest BCUT2D eigenvalue weighted by molar-refractivity contribution is 0.147. The molecule has 0 radical (unpaired) electrons. The highest BCUT2D eigenvalue weighted by molar-refractivity contribution is 5.84.